The predicted molar refractivity (Wildman–Crippen MR) is 61.2 cm³/mol. The van der Waals surface area contributed by atoms with Gasteiger partial charge >= 0.3 is 0 Å². The number of hydrogen-bond acceptors (Lipinski definition) is 2. The van der Waals surface area contributed by atoms with E-state index < -0.39 is 0 Å². The van der Waals surface area contributed by atoms with Crippen molar-refractivity contribution in [1.82, 2.24) is 9.78 Å². The van der Waals surface area contributed by atoms with Gasteiger partial charge in [0.05, 0.1) is 11.9 Å². The van der Waals surface area contributed by atoms with E-state index in [0.717, 1.165) is 11.3 Å². The van der Waals surface area contributed by atoms with Crippen LogP contribution in [0.3, 0.4) is 0 Å². The number of aryl methyl sites for hydroxylation is 1. The van der Waals surface area contributed by atoms with Crippen molar-refractivity contribution in [3.63, 3.8) is 0 Å². The average Bonchev–Trinajstić information content (AvgIpc) is 2.59. The Kier molecular flexibility index (Phi) is 2.75. The third-order valence-electron chi connectivity index (χ3n) is 2.25. The van der Waals surface area contributed by atoms with Gasteiger partial charge in [0.25, 0.3) is 0 Å². The summed E-state index contributed by atoms with van der Waals surface area (Å²) in [5, 5.41) is 4.79. The molecule has 1 heterocycles. The van der Waals surface area contributed by atoms with Gasteiger partial charge in [-0.25, -0.2) is 4.68 Å². The molecular weight excluding hydrogens is 210 g/mol. The van der Waals surface area contributed by atoms with Crippen molar-refractivity contribution < 1.29 is 0 Å². The molecule has 0 unspecified atom stereocenters. The van der Waals surface area contributed by atoms with E-state index in [1.807, 2.05) is 31.2 Å². The Morgan fingerprint density at radius 3 is 2.87 bits per heavy atom. The number of hydrogen-bond donors (Lipinski definition) is 1. The van der Waals surface area contributed by atoms with Gasteiger partial charge in [-0.1, -0.05) is 23.7 Å². The van der Waals surface area contributed by atoms with Crippen LogP contribution in [0.4, 0.5) is 0 Å². The average molecular weight is 222 g/mol. The van der Waals surface area contributed by atoms with Crippen molar-refractivity contribution >= 4 is 11.6 Å². The minimum Gasteiger partial charge on any atom is -0.326 e. The molecule has 0 aliphatic heterocycles. The molecule has 2 N–H and O–H groups in total. The molecule has 0 bridgehead atoms. The first-order valence-electron chi connectivity index (χ1n) is 4.72. The van der Waals surface area contributed by atoms with Crippen LogP contribution in [0.2, 0.25) is 5.15 Å². The number of nitrogens with zero attached hydrogens (tertiary/aromatic N) is 2. The van der Waals surface area contributed by atoms with E-state index >= 15 is 0 Å². The molecule has 0 atom stereocenters. The van der Waals surface area contributed by atoms with E-state index in [1.165, 1.54) is 5.56 Å². The zero-order valence-corrected chi connectivity index (χ0v) is 9.20. The Morgan fingerprint density at radius 1 is 1.47 bits per heavy atom. The fourth-order valence-corrected chi connectivity index (χ4v) is 1.71. The summed E-state index contributed by atoms with van der Waals surface area (Å²) in [5.41, 5.74) is 8.53. The number of nitrogens with two attached hydrogens (primary N) is 1. The highest BCUT2D eigenvalue weighted by atomic mass is 35.5. The molecule has 0 aliphatic carbocycles. The first kappa shape index (κ1) is 10.2. The monoisotopic (exact) mass is 221 g/mol. The quantitative estimate of drug-likeness (QED) is 0.846. The maximum atomic E-state index is 6.13. The van der Waals surface area contributed by atoms with Gasteiger partial charge in [0.1, 0.15) is 5.15 Å². The Bertz CT molecular complexity index is 476. The van der Waals surface area contributed by atoms with Gasteiger partial charge in [0.15, 0.2) is 0 Å². The first-order valence-corrected chi connectivity index (χ1v) is 5.09. The van der Waals surface area contributed by atoms with Crippen LogP contribution >= 0.6 is 11.6 Å². The predicted octanol–water partition coefficient (Wildman–Crippen LogP) is 2.29. The lowest BCUT2D eigenvalue weighted by Crippen LogP contribution is -1.98. The topological polar surface area (TPSA) is 43.8 Å². The second-order valence-electron chi connectivity index (χ2n) is 3.42. The zero-order valence-electron chi connectivity index (χ0n) is 8.44. The smallest absolute Gasteiger partial charge is 0.137 e. The van der Waals surface area contributed by atoms with Crippen LogP contribution in [0.5, 0.6) is 0 Å². The number of rotatable bonds is 2. The second-order valence-corrected chi connectivity index (χ2v) is 3.77. The van der Waals surface area contributed by atoms with Crippen LogP contribution in [0, 0.1) is 6.92 Å². The van der Waals surface area contributed by atoms with Crippen LogP contribution in [0.25, 0.3) is 5.69 Å². The van der Waals surface area contributed by atoms with Crippen molar-refractivity contribution in [3.8, 4) is 5.69 Å². The normalized spacial score (nSPS) is 10.6. The molecule has 0 radical (unpaired) electrons. The Morgan fingerprint density at radius 2 is 2.27 bits per heavy atom. The summed E-state index contributed by atoms with van der Waals surface area (Å²) in [5.74, 6) is 0. The van der Waals surface area contributed by atoms with Gasteiger partial charge in [-0.3, -0.25) is 0 Å². The summed E-state index contributed by atoms with van der Waals surface area (Å²) < 4.78 is 1.69. The van der Waals surface area contributed by atoms with Gasteiger partial charge in [-0.2, -0.15) is 5.10 Å². The summed E-state index contributed by atoms with van der Waals surface area (Å²) in [6.45, 7) is 2.44. The van der Waals surface area contributed by atoms with Gasteiger partial charge in [0.2, 0.25) is 0 Å². The number of benzene rings is 1. The second kappa shape index (κ2) is 4.04. The molecule has 78 valence electrons. The summed E-state index contributed by atoms with van der Waals surface area (Å²) in [6, 6.07) is 8.00. The molecule has 0 fully saturated rings. The van der Waals surface area contributed by atoms with Gasteiger partial charge in [-0.05, 0) is 24.6 Å². The van der Waals surface area contributed by atoms with E-state index in [0.29, 0.717) is 11.7 Å². The van der Waals surface area contributed by atoms with E-state index in [2.05, 4.69) is 5.10 Å². The Hall–Kier alpha value is -1.32. The lowest BCUT2D eigenvalue weighted by Gasteiger charge is -2.04. The fourth-order valence-electron chi connectivity index (χ4n) is 1.44. The molecule has 1 aromatic heterocycles. The van der Waals surface area contributed by atoms with Crippen LogP contribution in [0.1, 0.15) is 11.1 Å². The van der Waals surface area contributed by atoms with Gasteiger partial charge < -0.3 is 5.73 Å². The SMILES string of the molecule is Cc1cccc(-n2ncc(CN)c2Cl)c1. The van der Waals surface area contributed by atoms with E-state index in [1.54, 1.807) is 10.9 Å². The van der Waals surface area contributed by atoms with Crippen LogP contribution in [-0.4, -0.2) is 9.78 Å². The molecule has 0 aliphatic rings. The zero-order chi connectivity index (χ0) is 10.8. The maximum Gasteiger partial charge on any atom is 0.137 e. The van der Waals surface area contributed by atoms with E-state index in [-0.39, 0.29) is 0 Å². The van der Waals surface area contributed by atoms with Crippen molar-refractivity contribution in [3.05, 3.63) is 46.7 Å². The Balaban J connectivity index is 2.49. The van der Waals surface area contributed by atoms with E-state index in [9.17, 15) is 0 Å². The molecular formula is C11H12ClN3. The molecule has 4 heteroatoms. The van der Waals surface area contributed by atoms with Crippen LogP contribution in [0.15, 0.2) is 30.5 Å². The summed E-state index contributed by atoms with van der Waals surface area (Å²) in [7, 11) is 0. The molecule has 0 amide bonds. The van der Waals surface area contributed by atoms with Crippen molar-refractivity contribution in [2.24, 2.45) is 5.73 Å². The highest BCUT2D eigenvalue weighted by Gasteiger charge is 2.08. The largest absolute Gasteiger partial charge is 0.326 e. The lowest BCUT2D eigenvalue weighted by atomic mass is 10.2. The van der Waals surface area contributed by atoms with Crippen LogP contribution < -0.4 is 5.73 Å². The maximum absolute atomic E-state index is 6.13. The third kappa shape index (κ3) is 1.89. The standard InChI is InChI=1S/C11H12ClN3/c1-8-3-2-4-10(5-8)15-11(12)9(6-13)7-14-15/h2-5,7H,6,13H2,1H3. The van der Waals surface area contributed by atoms with Crippen molar-refractivity contribution in [1.29, 1.82) is 0 Å². The molecule has 0 saturated heterocycles. The van der Waals surface area contributed by atoms with Crippen LogP contribution in [-0.2, 0) is 6.54 Å². The number of halogens is 1. The molecule has 15 heavy (non-hydrogen) atoms. The first-order chi connectivity index (χ1) is 7.22. The highest BCUT2D eigenvalue weighted by Crippen LogP contribution is 2.20. The highest BCUT2D eigenvalue weighted by molar-refractivity contribution is 6.30. The molecule has 2 aromatic rings. The molecule has 0 spiro atoms. The molecule has 2 rings (SSSR count). The summed E-state index contributed by atoms with van der Waals surface area (Å²) in [4.78, 5) is 0. The summed E-state index contributed by atoms with van der Waals surface area (Å²) >= 11 is 6.13. The van der Waals surface area contributed by atoms with Crippen molar-refractivity contribution in [2.75, 3.05) is 0 Å². The fraction of sp³-hybridized carbons (Fsp3) is 0.182. The third-order valence-corrected chi connectivity index (χ3v) is 2.65. The molecule has 1 aromatic carbocycles. The Labute approximate surface area is 93.5 Å². The molecule has 0 saturated carbocycles. The van der Waals surface area contributed by atoms with Crippen molar-refractivity contribution in [2.45, 2.75) is 13.5 Å². The minimum absolute atomic E-state index is 0.407. The lowest BCUT2D eigenvalue weighted by molar-refractivity contribution is 0.879. The van der Waals surface area contributed by atoms with Gasteiger partial charge in [-0.15, -0.1) is 0 Å². The van der Waals surface area contributed by atoms with Gasteiger partial charge in [0, 0.05) is 12.1 Å². The summed E-state index contributed by atoms with van der Waals surface area (Å²) in [6.07, 6.45) is 1.70. The number of aromatic nitrogens is 2. The minimum atomic E-state index is 0.407. The molecule has 3 nitrogen and oxygen atoms in total. The van der Waals surface area contributed by atoms with E-state index in [4.69, 9.17) is 17.3 Å².